The van der Waals surface area contributed by atoms with Gasteiger partial charge in [0.05, 0.1) is 0 Å². The summed E-state index contributed by atoms with van der Waals surface area (Å²) in [5, 5.41) is 9.08. The zero-order valence-corrected chi connectivity index (χ0v) is 8.00. The van der Waals surface area contributed by atoms with Crippen LogP contribution in [0.4, 0.5) is 0 Å². The lowest BCUT2D eigenvalue weighted by Gasteiger charge is -2.29. The molecule has 2 rings (SSSR count). The summed E-state index contributed by atoms with van der Waals surface area (Å²) in [5.41, 5.74) is 0. The van der Waals surface area contributed by atoms with Crippen molar-refractivity contribution >= 4 is 0 Å². The van der Waals surface area contributed by atoms with Gasteiger partial charge in [-0.3, -0.25) is 0 Å². The summed E-state index contributed by atoms with van der Waals surface area (Å²) in [4.78, 5) is 0. The lowest BCUT2D eigenvalue weighted by molar-refractivity contribution is 0.219. The third kappa shape index (κ3) is 1.52. The van der Waals surface area contributed by atoms with Gasteiger partial charge < -0.3 is 5.11 Å². The van der Waals surface area contributed by atoms with Gasteiger partial charge >= 0.3 is 0 Å². The van der Waals surface area contributed by atoms with Gasteiger partial charge in [-0.05, 0) is 49.4 Å². The smallest absolute Gasteiger partial charge is 0.0459 e. The summed E-state index contributed by atoms with van der Waals surface area (Å²) in [6.45, 7) is 2.81. The molecule has 1 N–H and O–H groups in total. The number of rotatable bonds is 1. The van der Waals surface area contributed by atoms with E-state index in [4.69, 9.17) is 5.11 Å². The van der Waals surface area contributed by atoms with Crippen LogP contribution in [0.25, 0.3) is 0 Å². The molecule has 0 aliphatic heterocycles. The summed E-state index contributed by atoms with van der Waals surface area (Å²) >= 11 is 0. The van der Waals surface area contributed by atoms with Crippen molar-refractivity contribution in [2.75, 3.05) is 6.61 Å². The highest BCUT2D eigenvalue weighted by atomic mass is 16.3. The summed E-state index contributed by atoms with van der Waals surface area (Å²) in [6.07, 6.45) is 6.92. The molecule has 0 aromatic carbocycles. The molecule has 0 heterocycles. The molecule has 2 fully saturated rings. The number of hydrogen-bond donors (Lipinski definition) is 1. The van der Waals surface area contributed by atoms with Gasteiger partial charge in [-0.2, -0.15) is 0 Å². The highest BCUT2D eigenvalue weighted by Crippen LogP contribution is 2.46. The first-order valence-corrected chi connectivity index (χ1v) is 5.40. The van der Waals surface area contributed by atoms with E-state index < -0.39 is 0 Å². The first kappa shape index (κ1) is 8.55. The molecule has 12 heavy (non-hydrogen) atoms. The van der Waals surface area contributed by atoms with Crippen LogP contribution in [-0.4, -0.2) is 11.7 Å². The average Bonchev–Trinajstić information content (AvgIpc) is 2.46. The lowest BCUT2D eigenvalue weighted by Crippen LogP contribution is -2.18. The Hall–Kier alpha value is -0.0400. The van der Waals surface area contributed by atoms with E-state index in [9.17, 15) is 0 Å². The van der Waals surface area contributed by atoms with Crippen molar-refractivity contribution in [1.82, 2.24) is 0 Å². The fourth-order valence-corrected chi connectivity index (χ4v) is 3.26. The first-order valence-electron chi connectivity index (χ1n) is 5.40. The summed E-state index contributed by atoms with van der Waals surface area (Å²) < 4.78 is 0. The van der Waals surface area contributed by atoms with E-state index in [1.807, 2.05) is 0 Å². The number of aliphatic hydroxyl groups excluding tert-OH is 1. The van der Waals surface area contributed by atoms with Crippen LogP contribution in [0.5, 0.6) is 0 Å². The Kier molecular flexibility index (Phi) is 2.40. The molecule has 0 amide bonds. The molecule has 0 aromatic rings. The Morgan fingerprint density at radius 1 is 1.08 bits per heavy atom. The van der Waals surface area contributed by atoms with Crippen molar-refractivity contribution in [3.8, 4) is 0 Å². The standard InChI is InChI=1S/C11H20O/c1-8-2-3-10-5-9(7-12)6-11(10)4-8/h8-12H,2-7H2,1H3/t8-,9?,10?,11?/m1/s1. The van der Waals surface area contributed by atoms with Crippen molar-refractivity contribution in [3.63, 3.8) is 0 Å². The van der Waals surface area contributed by atoms with E-state index in [1.54, 1.807) is 0 Å². The third-order valence-electron chi connectivity index (χ3n) is 3.93. The molecule has 3 unspecified atom stereocenters. The molecule has 1 nitrogen and oxygen atoms in total. The molecule has 1 heteroatoms. The lowest BCUT2D eigenvalue weighted by atomic mass is 9.77. The number of aliphatic hydroxyl groups is 1. The fourth-order valence-electron chi connectivity index (χ4n) is 3.26. The molecule has 0 bridgehead atoms. The zero-order chi connectivity index (χ0) is 8.55. The van der Waals surface area contributed by atoms with E-state index in [2.05, 4.69) is 6.92 Å². The van der Waals surface area contributed by atoms with Crippen LogP contribution in [0.1, 0.15) is 39.0 Å². The van der Waals surface area contributed by atoms with Gasteiger partial charge in [0.1, 0.15) is 0 Å². The Balaban J connectivity index is 1.93. The Morgan fingerprint density at radius 2 is 1.83 bits per heavy atom. The maximum Gasteiger partial charge on any atom is 0.0459 e. The quantitative estimate of drug-likeness (QED) is 0.637. The van der Waals surface area contributed by atoms with Crippen LogP contribution in [0.3, 0.4) is 0 Å². The van der Waals surface area contributed by atoms with Gasteiger partial charge in [0, 0.05) is 6.61 Å². The van der Waals surface area contributed by atoms with E-state index >= 15 is 0 Å². The molecule has 0 radical (unpaired) electrons. The monoisotopic (exact) mass is 168 g/mol. The van der Waals surface area contributed by atoms with Gasteiger partial charge in [0.25, 0.3) is 0 Å². The van der Waals surface area contributed by atoms with Crippen molar-refractivity contribution < 1.29 is 5.11 Å². The second-order valence-electron chi connectivity index (χ2n) is 4.96. The molecule has 2 aliphatic carbocycles. The second-order valence-corrected chi connectivity index (χ2v) is 4.96. The van der Waals surface area contributed by atoms with Crippen LogP contribution in [0.15, 0.2) is 0 Å². The van der Waals surface area contributed by atoms with E-state index in [0.29, 0.717) is 12.5 Å². The SMILES string of the molecule is C[C@@H]1CCC2CC(CO)CC2C1. The topological polar surface area (TPSA) is 20.2 Å². The van der Waals surface area contributed by atoms with E-state index in [1.165, 1.54) is 32.1 Å². The van der Waals surface area contributed by atoms with Gasteiger partial charge in [-0.1, -0.05) is 13.3 Å². The second kappa shape index (κ2) is 3.37. The van der Waals surface area contributed by atoms with Gasteiger partial charge in [0.15, 0.2) is 0 Å². The Bertz CT molecular complexity index is 155. The molecule has 70 valence electrons. The third-order valence-corrected chi connectivity index (χ3v) is 3.93. The average molecular weight is 168 g/mol. The van der Waals surface area contributed by atoms with Crippen LogP contribution in [-0.2, 0) is 0 Å². The van der Waals surface area contributed by atoms with Crippen LogP contribution in [0, 0.1) is 23.7 Å². The minimum atomic E-state index is 0.432. The van der Waals surface area contributed by atoms with Crippen molar-refractivity contribution in [2.45, 2.75) is 39.0 Å². The van der Waals surface area contributed by atoms with E-state index in [0.717, 1.165) is 17.8 Å². The summed E-state index contributed by atoms with van der Waals surface area (Å²) in [6, 6.07) is 0. The fraction of sp³-hybridized carbons (Fsp3) is 1.00. The normalized spacial score (nSPS) is 47.5. The van der Waals surface area contributed by atoms with Crippen LogP contribution in [0.2, 0.25) is 0 Å². The molecule has 2 aliphatic rings. The van der Waals surface area contributed by atoms with Gasteiger partial charge in [-0.15, -0.1) is 0 Å². The Labute approximate surface area is 75.2 Å². The highest BCUT2D eigenvalue weighted by molar-refractivity contribution is 4.87. The van der Waals surface area contributed by atoms with Gasteiger partial charge in [-0.25, -0.2) is 0 Å². The molecular weight excluding hydrogens is 148 g/mol. The summed E-state index contributed by atoms with van der Waals surface area (Å²) in [5.74, 6) is 3.53. The predicted molar refractivity (Wildman–Crippen MR) is 49.8 cm³/mol. The van der Waals surface area contributed by atoms with Crippen molar-refractivity contribution in [1.29, 1.82) is 0 Å². The van der Waals surface area contributed by atoms with Crippen molar-refractivity contribution in [3.05, 3.63) is 0 Å². The number of hydrogen-bond acceptors (Lipinski definition) is 1. The number of fused-ring (bicyclic) bond motifs is 1. The highest BCUT2D eigenvalue weighted by Gasteiger charge is 2.36. The Morgan fingerprint density at radius 3 is 2.58 bits per heavy atom. The molecule has 2 saturated carbocycles. The summed E-state index contributed by atoms with van der Waals surface area (Å²) in [7, 11) is 0. The largest absolute Gasteiger partial charge is 0.396 e. The predicted octanol–water partition coefficient (Wildman–Crippen LogP) is 2.44. The molecule has 0 aromatic heterocycles. The minimum Gasteiger partial charge on any atom is -0.396 e. The maximum absolute atomic E-state index is 9.08. The van der Waals surface area contributed by atoms with Gasteiger partial charge in [0.2, 0.25) is 0 Å². The molecule has 4 atom stereocenters. The van der Waals surface area contributed by atoms with Crippen LogP contribution < -0.4 is 0 Å². The van der Waals surface area contributed by atoms with Crippen LogP contribution >= 0.6 is 0 Å². The maximum atomic E-state index is 9.08. The minimum absolute atomic E-state index is 0.432. The van der Waals surface area contributed by atoms with Crippen molar-refractivity contribution in [2.24, 2.45) is 23.7 Å². The first-order chi connectivity index (χ1) is 5.79. The zero-order valence-electron chi connectivity index (χ0n) is 8.00. The molecular formula is C11H20O. The molecule has 0 spiro atoms. The molecule has 0 saturated heterocycles. The van der Waals surface area contributed by atoms with E-state index in [-0.39, 0.29) is 0 Å².